The van der Waals surface area contributed by atoms with Crippen LogP contribution in [-0.2, 0) is 4.79 Å². The normalized spacial score (nSPS) is 5.64. The summed E-state index contributed by atoms with van der Waals surface area (Å²) < 4.78 is 0. The minimum atomic E-state index is -0.935. The number of carbonyl (C=O) groups is 1. The number of carboxylic acids is 1. The maximum atomic E-state index is 9.60. The monoisotopic (exact) mass is 176 g/mol. The van der Waals surface area contributed by atoms with E-state index in [2.05, 4.69) is 26.3 Å². The molecule has 0 aromatic heterocycles. The Morgan fingerprint density at radius 1 is 1.55 bits per heavy atom. The van der Waals surface area contributed by atoms with Crippen molar-refractivity contribution in [3.05, 3.63) is 37.4 Å². The van der Waals surface area contributed by atoms with Crippen molar-refractivity contribution in [2.75, 3.05) is 0 Å². The zero-order valence-electron chi connectivity index (χ0n) is 6.64. The van der Waals surface area contributed by atoms with Crippen LogP contribution in [0.3, 0.4) is 0 Å². The zero-order valence-corrected chi connectivity index (χ0v) is 7.40. The summed E-state index contributed by atoms with van der Waals surface area (Å²) in [5, 5.41) is 7.89. The van der Waals surface area contributed by atoms with Gasteiger partial charge in [-0.1, -0.05) is 24.8 Å². The smallest absolute Gasteiger partial charge is 0.330 e. The van der Waals surface area contributed by atoms with Gasteiger partial charge in [0.15, 0.2) is 0 Å². The molecule has 0 saturated heterocycles. The largest absolute Gasteiger partial charge is 0.478 e. The molecule has 0 aliphatic heterocycles. The molecule has 0 heterocycles. The van der Waals surface area contributed by atoms with Crippen molar-refractivity contribution in [2.45, 2.75) is 6.92 Å². The number of halogens is 1. The van der Waals surface area contributed by atoms with Crippen LogP contribution in [-0.4, -0.2) is 11.1 Å². The Balaban J connectivity index is -0.000000109. The topological polar surface area (TPSA) is 37.3 Å². The third-order valence-electron chi connectivity index (χ3n) is 0.365. The molecule has 0 radical (unpaired) electrons. The molecular formula is C8H13ClO2. The van der Waals surface area contributed by atoms with Gasteiger partial charge in [0.1, 0.15) is 0 Å². The molecule has 0 spiro atoms. The lowest BCUT2D eigenvalue weighted by atomic mass is 10.4. The Morgan fingerprint density at radius 2 is 1.64 bits per heavy atom. The molecule has 3 heteroatoms. The van der Waals surface area contributed by atoms with E-state index in [9.17, 15) is 4.79 Å². The van der Waals surface area contributed by atoms with Gasteiger partial charge >= 0.3 is 5.97 Å². The van der Waals surface area contributed by atoms with Gasteiger partial charge in [0.2, 0.25) is 0 Å². The van der Waals surface area contributed by atoms with Crippen molar-refractivity contribution in [3.63, 3.8) is 0 Å². The van der Waals surface area contributed by atoms with Crippen LogP contribution in [0.4, 0.5) is 0 Å². The molecule has 0 saturated carbocycles. The third kappa shape index (κ3) is 49.3. The number of rotatable bonds is 1. The summed E-state index contributed by atoms with van der Waals surface area (Å²) in [5.74, 6) is -0.935. The number of carboxylic acid groups (broad SMARTS) is 1. The van der Waals surface area contributed by atoms with Gasteiger partial charge in [-0.2, -0.15) is 0 Å². The highest BCUT2D eigenvalue weighted by Crippen LogP contribution is 1.81. The first-order valence-corrected chi connectivity index (χ1v) is 3.09. The van der Waals surface area contributed by atoms with Crippen molar-refractivity contribution in [2.24, 2.45) is 0 Å². The first kappa shape index (κ1) is 16.5. The van der Waals surface area contributed by atoms with E-state index >= 15 is 0 Å². The molecule has 0 rings (SSSR count). The van der Waals surface area contributed by atoms with Crippen LogP contribution in [0.5, 0.6) is 0 Å². The second-order valence-electron chi connectivity index (χ2n) is 1.24. The summed E-state index contributed by atoms with van der Waals surface area (Å²) in [6.45, 7) is 13.7. The van der Waals surface area contributed by atoms with Gasteiger partial charge in [0.25, 0.3) is 0 Å². The first-order chi connectivity index (χ1) is 5.06. The average molecular weight is 177 g/mol. The van der Waals surface area contributed by atoms with Gasteiger partial charge in [-0.3, -0.25) is 0 Å². The highest BCUT2D eigenvalue weighted by Gasteiger charge is 1.90. The molecule has 0 aliphatic rings. The fourth-order valence-electron chi connectivity index (χ4n) is 0. The molecule has 11 heavy (non-hydrogen) atoms. The first-order valence-electron chi connectivity index (χ1n) is 2.66. The van der Waals surface area contributed by atoms with Gasteiger partial charge in [0, 0.05) is 5.57 Å². The molecular weight excluding hydrogens is 164 g/mol. The van der Waals surface area contributed by atoms with E-state index in [4.69, 9.17) is 16.7 Å². The summed E-state index contributed by atoms with van der Waals surface area (Å²) in [7, 11) is 0. The van der Waals surface area contributed by atoms with E-state index < -0.39 is 5.97 Å². The molecule has 0 aromatic carbocycles. The van der Waals surface area contributed by atoms with Crippen LogP contribution in [0, 0.1) is 0 Å². The van der Waals surface area contributed by atoms with Gasteiger partial charge in [0.05, 0.1) is 0 Å². The minimum absolute atomic E-state index is 0.176. The molecule has 0 unspecified atom stereocenters. The molecule has 1 N–H and O–H groups in total. The van der Waals surface area contributed by atoms with Gasteiger partial charge < -0.3 is 5.11 Å². The second kappa shape index (κ2) is 16.0. The van der Waals surface area contributed by atoms with Crippen LogP contribution in [0.15, 0.2) is 37.4 Å². The van der Waals surface area contributed by atoms with Crippen LogP contribution < -0.4 is 0 Å². The summed E-state index contributed by atoms with van der Waals surface area (Å²) in [5.41, 5.74) is 1.40. The molecule has 64 valence electrons. The maximum absolute atomic E-state index is 9.60. The van der Waals surface area contributed by atoms with Crippen LogP contribution in [0.25, 0.3) is 0 Å². The standard InChI is InChI=1S/C4H6O2.C2H3Cl.C2H4/c1-3(2)4(5)6;1-2-3;1-2/h1H2,2H3,(H,5,6);2H,1H2;1-2H2. The fraction of sp³-hybridized carbons (Fsp3) is 0.125. The summed E-state index contributed by atoms with van der Waals surface area (Å²) in [6.07, 6.45) is 0. The van der Waals surface area contributed by atoms with E-state index in [1.165, 1.54) is 12.5 Å². The van der Waals surface area contributed by atoms with Crippen molar-refractivity contribution in [3.8, 4) is 0 Å². The third-order valence-corrected chi connectivity index (χ3v) is 0.365. The molecule has 0 atom stereocenters. The Labute approximate surface area is 72.5 Å². The van der Waals surface area contributed by atoms with E-state index in [-0.39, 0.29) is 5.57 Å². The van der Waals surface area contributed by atoms with Crippen LogP contribution in [0.2, 0.25) is 0 Å². The predicted octanol–water partition coefficient (Wildman–Crippen LogP) is 2.82. The summed E-state index contributed by atoms with van der Waals surface area (Å²) >= 11 is 4.76. The Kier molecular flexibility index (Phi) is 24.0. The summed E-state index contributed by atoms with van der Waals surface area (Å²) in [4.78, 5) is 9.60. The molecule has 2 nitrogen and oxygen atoms in total. The molecule has 0 amide bonds. The number of hydrogen-bond donors (Lipinski definition) is 1. The van der Waals surface area contributed by atoms with Crippen LogP contribution in [0.1, 0.15) is 6.92 Å². The second-order valence-corrected chi connectivity index (χ2v) is 1.55. The average Bonchev–Trinajstić information content (AvgIpc) is 1.93. The van der Waals surface area contributed by atoms with E-state index in [1.54, 1.807) is 0 Å². The highest BCUT2D eigenvalue weighted by molar-refractivity contribution is 6.25. The Hall–Kier alpha value is -1.02. The highest BCUT2D eigenvalue weighted by atomic mass is 35.5. The van der Waals surface area contributed by atoms with E-state index in [0.717, 1.165) is 0 Å². The quantitative estimate of drug-likeness (QED) is 0.493. The van der Waals surface area contributed by atoms with E-state index in [0.29, 0.717) is 0 Å². The lowest BCUT2D eigenvalue weighted by molar-refractivity contribution is -0.132. The maximum Gasteiger partial charge on any atom is 0.330 e. The van der Waals surface area contributed by atoms with Gasteiger partial charge in [-0.25, -0.2) is 4.79 Å². The van der Waals surface area contributed by atoms with Crippen molar-refractivity contribution in [1.82, 2.24) is 0 Å². The van der Waals surface area contributed by atoms with Gasteiger partial charge in [-0.15, -0.1) is 13.2 Å². The number of hydrogen-bond acceptors (Lipinski definition) is 1. The Morgan fingerprint density at radius 3 is 1.64 bits per heavy atom. The Bertz CT molecular complexity index is 118. The van der Waals surface area contributed by atoms with Gasteiger partial charge in [-0.05, 0) is 12.5 Å². The molecule has 0 fully saturated rings. The lowest BCUT2D eigenvalue weighted by Crippen LogP contribution is -1.92. The lowest BCUT2D eigenvalue weighted by Gasteiger charge is -1.79. The zero-order chi connectivity index (χ0) is 9.86. The molecule has 0 aromatic rings. The van der Waals surface area contributed by atoms with E-state index in [1.807, 2.05) is 0 Å². The SMILES string of the molecule is C=C.C=C(C)C(=O)O.C=CCl. The minimum Gasteiger partial charge on any atom is -0.478 e. The van der Waals surface area contributed by atoms with Crippen molar-refractivity contribution >= 4 is 17.6 Å². The van der Waals surface area contributed by atoms with Crippen molar-refractivity contribution < 1.29 is 9.90 Å². The van der Waals surface area contributed by atoms with Crippen LogP contribution >= 0.6 is 11.6 Å². The summed E-state index contributed by atoms with van der Waals surface area (Å²) in [6, 6.07) is 0. The molecule has 0 aliphatic carbocycles. The van der Waals surface area contributed by atoms with Crippen molar-refractivity contribution in [1.29, 1.82) is 0 Å². The molecule has 0 bridgehead atoms. The number of aliphatic carboxylic acids is 1. The fourth-order valence-corrected chi connectivity index (χ4v) is 0. The predicted molar refractivity (Wildman–Crippen MR) is 49.8 cm³/mol.